The summed E-state index contributed by atoms with van der Waals surface area (Å²) in [7, 11) is 0. The lowest BCUT2D eigenvalue weighted by atomic mass is 10.1. The maximum atomic E-state index is 14.2. The van der Waals surface area contributed by atoms with Gasteiger partial charge in [-0.25, -0.2) is 27.9 Å². The molecule has 0 unspecified atom stereocenters. The van der Waals surface area contributed by atoms with Crippen molar-refractivity contribution in [2.24, 2.45) is 0 Å². The van der Waals surface area contributed by atoms with Crippen LogP contribution in [-0.4, -0.2) is 40.1 Å². The number of carbonyl (C=O) groups is 1. The van der Waals surface area contributed by atoms with E-state index in [-0.39, 0.29) is 36.6 Å². The highest BCUT2D eigenvalue weighted by molar-refractivity contribution is 7.16. The van der Waals surface area contributed by atoms with Crippen molar-refractivity contribution in [3.05, 3.63) is 29.2 Å². The summed E-state index contributed by atoms with van der Waals surface area (Å²) in [5.41, 5.74) is 0.353. The van der Waals surface area contributed by atoms with Gasteiger partial charge < -0.3 is 10.0 Å². The zero-order valence-electron chi connectivity index (χ0n) is 11.8. The van der Waals surface area contributed by atoms with E-state index >= 15 is 0 Å². The van der Waals surface area contributed by atoms with Crippen molar-refractivity contribution in [2.75, 3.05) is 18.0 Å². The molecule has 0 saturated carbocycles. The minimum atomic E-state index is -2.71. The van der Waals surface area contributed by atoms with E-state index in [1.165, 1.54) is 23.4 Å². The van der Waals surface area contributed by atoms with Crippen LogP contribution < -0.4 is 4.90 Å². The molecule has 1 aliphatic rings. The number of anilines is 1. The first-order valence-corrected chi connectivity index (χ1v) is 7.65. The summed E-state index contributed by atoms with van der Waals surface area (Å²) >= 11 is 0.914. The molecule has 0 bridgehead atoms. The van der Waals surface area contributed by atoms with Gasteiger partial charge in [-0.1, -0.05) is 0 Å². The molecule has 0 aromatic carbocycles. The van der Waals surface area contributed by atoms with Crippen molar-refractivity contribution >= 4 is 23.1 Å². The second-order valence-electron chi connectivity index (χ2n) is 5.21. The van der Waals surface area contributed by atoms with Gasteiger partial charge in [-0.05, 0) is 6.07 Å². The van der Waals surface area contributed by atoms with E-state index in [0.717, 1.165) is 11.3 Å². The summed E-state index contributed by atoms with van der Waals surface area (Å²) in [6.45, 7) is 0.0767. The molecule has 1 N–H and O–H groups in total. The average Bonchev–Trinajstić information content (AvgIpc) is 2.98. The molecular weight excluding hydrogens is 331 g/mol. The molecule has 0 radical (unpaired) electrons. The van der Waals surface area contributed by atoms with Crippen molar-refractivity contribution in [3.63, 3.8) is 0 Å². The minimum Gasteiger partial charge on any atom is -0.477 e. The molecule has 1 fully saturated rings. The van der Waals surface area contributed by atoms with Gasteiger partial charge in [0.2, 0.25) is 0 Å². The standard InChI is InChI=1S/C14H12F3N3O2S/c15-9-5-8(12-19-7-10(23-12)13(21)22)6-18-11(9)20-3-1-14(16,17)2-4-20/h5-7H,1-4H2,(H,21,22). The molecule has 2 aromatic rings. The quantitative estimate of drug-likeness (QED) is 0.926. The fraction of sp³-hybridized carbons (Fsp3) is 0.357. The topological polar surface area (TPSA) is 66.3 Å². The number of piperidine rings is 1. The second-order valence-corrected chi connectivity index (χ2v) is 6.24. The van der Waals surface area contributed by atoms with Crippen LogP contribution in [0.5, 0.6) is 0 Å². The number of rotatable bonds is 3. The Hall–Kier alpha value is -2.16. The monoisotopic (exact) mass is 343 g/mol. The molecular formula is C14H12F3N3O2S. The number of aromatic nitrogens is 2. The van der Waals surface area contributed by atoms with E-state index in [4.69, 9.17) is 5.11 Å². The highest BCUT2D eigenvalue weighted by Crippen LogP contribution is 2.32. The zero-order chi connectivity index (χ0) is 16.6. The summed E-state index contributed by atoms with van der Waals surface area (Å²) in [5.74, 6) is -4.42. The Bertz CT molecular complexity index is 741. The van der Waals surface area contributed by atoms with Crippen molar-refractivity contribution in [1.82, 2.24) is 9.97 Å². The fourth-order valence-corrected chi connectivity index (χ4v) is 3.07. The van der Waals surface area contributed by atoms with Crippen molar-refractivity contribution in [2.45, 2.75) is 18.8 Å². The number of nitrogens with zero attached hydrogens (tertiary/aromatic N) is 3. The molecule has 3 heterocycles. The lowest BCUT2D eigenvalue weighted by Gasteiger charge is -2.32. The Balaban J connectivity index is 1.82. The summed E-state index contributed by atoms with van der Waals surface area (Å²) < 4.78 is 40.5. The maximum Gasteiger partial charge on any atom is 0.347 e. The van der Waals surface area contributed by atoms with Gasteiger partial charge in [-0.3, -0.25) is 0 Å². The van der Waals surface area contributed by atoms with Crippen LogP contribution in [0.25, 0.3) is 10.6 Å². The van der Waals surface area contributed by atoms with Gasteiger partial charge in [-0.2, -0.15) is 0 Å². The van der Waals surface area contributed by atoms with Crippen molar-refractivity contribution < 1.29 is 23.1 Å². The lowest BCUT2D eigenvalue weighted by molar-refractivity contribution is -0.0222. The van der Waals surface area contributed by atoms with Crippen LogP contribution in [0.15, 0.2) is 18.5 Å². The number of hydrogen-bond acceptors (Lipinski definition) is 5. The Labute approximate surface area is 133 Å². The second kappa shape index (κ2) is 5.80. The predicted molar refractivity (Wildman–Crippen MR) is 78.7 cm³/mol. The first kappa shape index (κ1) is 15.7. The number of alkyl halides is 2. The minimum absolute atomic E-state index is 0.0271. The van der Waals surface area contributed by atoms with Gasteiger partial charge >= 0.3 is 5.97 Å². The lowest BCUT2D eigenvalue weighted by Crippen LogP contribution is -2.40. The third kappa shape index (κ3) is 3.29. The number of hydrogen-bond donors (Lipinski definition) is 1. The Morgan fingerprint density at radius 3 is 2.52 bits per heavy atom. The molecule has 9 heteroatoms. The molecule has 2 aromatic heterocycles. The first-order chi connectivity index (χ1) is 10.9. The van der Waals surface area contributed by atoms with Crippen LogP contribution >= 0.6 is 11.3 Å². The van der Waals surface area contributed by atoms with Gasteiger partial charge in [0.25, 0.3) is 5.92 Å². The van der Waals surface area contributed by atoms with E-state index in [0.29, 0.717) is 10.6 Å². The number of aromatic carboxylic acids is 1. The molecule has 122 valence electrons. The van der Waals surface area contributed by atoms with Crippen molar-refractivity contribution in [3.8, 4) is 10.6 Å². The molecule has 0 aliphatic carbocycles. The van der Waals surface area contributed by atoms with Crippen LogP contribution in [0.1, 0.15) is 22.5 Å². The number of pyridine rings is 1. The van der Waals surface area contributed by atoms with Crippen molar-refractivity contribution in [1.29, 1.82) is 0 Å². The third-order valence-electron chi connectivity index (χ3n) is 3.58. The van der Waals surface area contributed by atoms with E-state index in [1.54, 1.807) is 0 Å². The van der Waals surface area contributed by atoms with Crippen LogP contribution in [0.3, 0.4) is 0 Å². The molecule has 5 nitrogen and oxygen atoms in total. The van der Waals surface area contributed by atoms with Gasteiger partial charge in [0.15, 0.2) is 11.6 Å². The summed E-state index contributed by atoms with van der Waals surface area (Å²) in [6, 6.07) is 1.19. The Morgan fingerprint density at radius 2 is 1.96 bits per heavy atom. The smallest absolute Gasteiger partial charge is 0.347 e. The molecule has 23 heavy (non-hydrogen) atoms. The highest BCUT2D eigenvalue weighted by atomic mass is 32.1. The molecule has 1 aliphatic heterocycles. The van der Waals surface area contributed by atoms with Crippen LogP contribution in [0.2, 0.25) is 0 Å². The third-order valence-corrected chi connectivity index (χ3v) is 4.61. The summed E-state index contributed by atoms with van der Waals surface area (Å²) in [6.07, 6.45) is 1.91. The van der Waals surface area contributed by atoms with E-state index in [9.17, 15) is 18.0 Å². The molecule has 0 spiro atoms. The fourth-order valence-electron chi connectivity index (χ4n) is 2.33. The normalized spacial score (nSPS) is 17.3. The van der Waals surface area contributed by atoms with E-state index < -0.39 is 17.7 Å². The van der Waals surface area contributed by atoms with Gasteiger partial charge in [0.1, 0.15) is 9.88 Å². The number of carboxylic acid groups (broad SMARTS) is 1. The summed E-state index contributed by atoms with van der Waals surface area (Å²) in [5, 5.41) is 9.21. The van der Waals surface area contributed by atoms with Gasteiger partial charge in [0, 0.05) is 37.7 Å². The van der Waals surface area contributed by atoms with E-state index in [2.05, 4.69) is 9.97 Å². The molecule has 0 atom stereocenters. The SMILES string of the molecule is O=C(O)c1cnc(-c2cnc(N3CCC(F)(F)CC3)c(F)c2)s1. The van der Waals surface area contributed by atoms with Gasteiger partial charge in [-0.15, -0.1) is 11.3 Å². The highest BCUT2D eigenvalue weighted by Gasteiger charge is 2.35. The molecule has 1 saturated heterocycles. The number of thiazole rings is 1. The number of halogens is 3. The maximum absolute atomic E-state index is 14.2. The van der Waals surface area contributed by atoms with E-state index in [1.807, 2.05) is 0 Å². The molecule has 3 rings (SSSR count). The largest absolute Gasteiger partial charge is 0.477 e. The van der Waals surface area contributed by atoms with Crippen LogP contribution in [-0.2, 0) is 0 Å². The zero-order valence-corrected chi connectivity index (χ0v) is 12.6. The first-order valence-electron chi connectivity index (χ1n) is 6.83. The number of carboxylic acids is 1. The predicted octanol–water partition coefficient (Wildman–Crippen LogP) is 3.28. The summed E-state index contributed by atoms with van der Waals surface area (Å²) in [4.78, 5) is 20.3. The Kier molecular flexibility index (Phi) is 3.97. The Morgan fingerprint density at radius 1 is 1.26 bits per heavy atom. The average molecular weight is 343 g/mol. The van der Waals surface area contributed by atoms with Gasteiger partial charge in [0.05, 0.1) is 6.20 Å². The van der Waals surface area contributed by atoms with Crippen LogP contribution in [0.4, 0.5) is 19.0 Å². The van der Waals surface area contributed by atoms with Crippen LogP contribution in [0, 0.1) is 5.82 Å². The molecule has 0 amide bonds.